The van der Waals surface area contributed by atoms with Gasteiger partial charge >= 0.3 is 5.69 Å². The fraction of sp³-hybridized carbons (Fsp3) is 0. The van der Waals surface area contributed by atoms with Crippen molar-refractivity contribution in [1.82, 2.24) is 0 Å². The minimum absolute atomic E-state index is 0.0367. The first-order valence-corrected chi connectivity index (χ1v) is 6.13. The maximum absolute atomic E-state index is 14.0. The number of nitrogens with zero attached hydrogens (tertiary/aromatic N) is 1. The Labute approximate surface area is 122 Å². The second-order valence-electron chi connectivity index (χ2n) is 3.65. The van der Waals surface area contributed by atoms with Gasteiger partial charge in [0.1, 0.15) is 0 Å². The van der Waals surface area contributed by atoms with Crippen molar-refractivity contribution in [1.29, 1.82) is 0 Å². The molecular weight excluding hydrogens is 315 g/mol. The van der Waals surface area contributed by atoms with E-state index in [0.29, 0.717) is 5.56 Å². The molecule has 0 aliphatic rings. The standard InChI is InChI=1S/C12H5Cl3FNO2/c13-8-4-6(5-9(14)11(8)15)7-2-1-3-10(12(7)16)17(18)19/h1-5H. The van der Waals surface area contributed by atoms with Gasteiger partial charge in [0.2, 0.25) is 5.82 Å². The van der Waals surface area contributed by atoms with Crippen LogP contribution >= 0.6 is 34.8 Å². The molecule has 19 heavy (non-hydrogen) atoms. The van der Waals surface area contributed by atoms with Crippen LogP contribution in [0.1, 0.15) is 0 Å². The summed E-state index contributed by atoms with van der Waals surface area (Å²) in [4.78, 5) is 9.89. The minimum atomic E-state index is -0.943. The van der Waals surface area contributed by atoms with E-state index in [-0.39, 0.29) is 20.6 Å². The van der Waals surface area contributed by atoms with Crippen LogP contribution < -0.4 is 0 Å². The van der Waals surface area contributed by atoms with E-state index in [4.69, 9.17) is 34.8 Å². The first-order valence-electron chi connectivity index (χ1n) is 4.99. The van der Waals surface area contributed by atoms with E-state index >= 15 is 0 Å². The number of rotatable bonds is 2. The molecule has 0 saturated carbocycles. The number of hydrogen-bond donors (Lipinski definition) is 0. The van der Waals surface area contributed by atoms with Crippen molar-refractivity contribution in [3.05, 3.63) is 61.3 Å². The van der Waals surface area contributed by atoms with E-state index in [1.54, 1.807) is 0 Å². The van der Waals surface area contributed by atoms with E-state index in [9.17, 15) is 14.5 Å². The summed E-state index contributed by atoms with van der Waals surface area (Å²) in [5, 5.41) is 11.1. The summed E-state index contributed by atoms with van der Waals surface area (Å²) in [5.41, 5.74) is -0.255. The Morgan fingerprint density at radius 2 is 1.68 bits per heavy atom. The van der Waals surface area contributed by atoms with E-state index in [1.165, 1.54) is 24.3 Å². The third kappa shape index (κ3) is 2.66. The molecule has 0 amide bonds. The first kappa shape index (κ1) is 14.1. The molecule has 0 fully saturated rings. The second kappa shape index (κ2) is 5.33. The molecular formula is C12H5Cl3FNO2. The molecule has 2 rings (SSSR count). The summed E-state index contributed by atoms with van der Waals surface area (Å²) >= 11 is 17.5. The summed E-state index contributed by atoms with van der Waals surface area (Å²) < 4.78 is 14.0. The van der Waals surface area contributed by atoms with Gasteiger partial charge in [-0.1, -0.05) is 46.9 Å². The van der Waals surface area contributed by atoms with Crippen molar-refractivity contribution in [2.75, 3.05) is 0 Å². The second-order valence-corrected chi connectivity index (χ2v) is 4.84. The number of benzene rings is 2. The van der Waals surface area contributed by atoms with Gasteiger partial charge in [-0.3, -0.25) is 10.1 Å². The quantitative estimate of drug-likeness (QED) is 0.424. The lowest BCUT2D eigenvalue weighted by Gasteiger charge is -2.07. The molecule has 7 heteroatoms. The molecule has 2 aromatic carbocycles. The predicted molar refractivity (Wildman–Crippen MR) is 73.5 cm³/mol. The molecule has 0 heterocycles. The average molecular weight is 321 g/mol. The third-order valence-electron chi connectivity index (χ3n) is 2.47. The Morgan fingerprint density at radius 3 is 2.21 bits per heavy atom. The summed E-state index contributed by atoms with van der Waals surface area (Å²) in [7, 11) is 0. The molecule has 0 unspecified atom stereocenters. The van der Waals surface area contributed by atoms with Gasteiger partial charge in [0.25, 0.3) is 0 Å². The topological polar surface area (TPSA) is 43.1 Å². The van der Waals surface area contributed by atoms with Gasteiger partial charge in [0.05, 0.1) is 20.0 Å². The van der Waals surface area contributed by atoms with Crippen molar-refractivity contribution in [3.8, 4) is 11.1 Å². The summed E-state index contributed by atoms with van der Waals surface area (Å²) in [6.07, 6.45) is 0. The zero-order valence-electron chi connectivity index (χ0n) is 9.16. The number of halogens is 4. The summed E-state index contributed by atoms with van der Waals surface area (Å²) in [6, 6.07) is 6.67. The van der Waals surface area contributed by atoms with Crippen LogP contribution in [0.3, 0.4) is 0 Å². The molecule has 0 aromatic heterocycles. The van der Waals surface area contributed by atoms with Crippen LogP contribution in [-0.4, -0.2) is 4.92 Å². The van der Waals surface area contributed by atoms with Crippen molar-refractivity contribution in [2.45, 2.75) is 0 Å². The average Bonchev–Trinajstić information content (AvgIpc) is 2.35. The lowest BCUT2D eigenvalue weighted by molar-refractivity contribution is -0.387. The van der Waals surface area contributed by atoms with Gasteiger partial charge in [0.15, 0.2) is 0 Å². The largest absolute Gasteiger partial charge is 0.305 e. The molecule has 0 atom stereocenters. The third-order valence-corrected chi connectivity index (χ3v) is 3.67. The minimum Gasteiger partial charge on any atom is -0.258 e. The Morgan fingerprint density at radius 1 is 1.11 bits per heavy atom. The monoisotopic (exact) mass is 319 g/mol. The van der Waals surface area contributed by atoms with Crippen LogP contribution in [0.5, 0.6) is 0 Å². The highest BCUT2D eigenvalue weighted by molar-refractivity contribution is 6.48. The molecule has 0 N–H and O–H groups in total. The molecule has 0 spiro atoms. The van der Waals surface area contributed by atoms with Crippen LogP contribution in [0.25, 0.3) is 11.1 Å². The Hall–Kier alpha value is -1.36. The van der Waals surface area contributed by atoms with Crippen LogP contribution in [0.4, 0.5) is 10.1 Å². The van der Waals surface area contributed by atoms with E-state index in [2.05, 4.69) is 0 Å². The van der Waals surface area contributed by atoms with Gasteiger partial charge in [-0.05, 0) is 17.7 Å². The number of hydrogen-bond acceptors (Lipinski definition) is 2. The SMILES string of the molecule is O=[N+]([O-])c1cccc(-c2cc(Cl)c(Cl)c(Cl)c2)c1F. The number of nitro benzene ring substituents is 1. The van der Waals surface area contributed by atoms with E-state index in [0.717, 1.165) is 6.07 Å². The highest BCUT2D eigenvalue weighted by Gasteiger charge is 2.19. The van der Waals surface area contributed by atoms with Crippen LogP contribution in [-0.2, 0) is 0 Å². The highest BCUT2D eigenvalue weighted by Crippen LogP contribution is 2.37. The van der Waals surface area contributed by atoms with Crippen molar-refractivity contribution in [2.24, 2.45) is 0 Å². The Bertz CT molecular complexity index is 653. The number of nitro groups is 1. The summed E-state index contributed by atoms with van der Waals surface area (Å²) in [6.45, 7) is 0. The lowest BCUT2D eigenvalue weighted by atomic mass is 10.0. The Kier molecular flexibility index (Phi) is 3.94. The molecule has 3 nitrogen and oxygen atoms in total. The summed E-state index contributed by atoms with van der Waals surface area (Å²) in [5.74, 6) is -0.943. The predicted octanol–water partition coefficient (Wildman–Crippen LogP) is 5.36. The molecule has 0 radical (unpaired) electrons. The highest BCUT2D eigenvalue weighted by atomic mass is 35.5. The van der Waals surface area contributed by atoms with Crippen LogP contribution in [0.2, 0.25) is 15.1 Å². The Balaban J connectivity index is 2.66. The lowest BCUT2D eigenvalue weighted by Crippen LogP contribution is -1.94. The molecule has 0 aliphatic heterocycles. The molecule has 0 bridgehead atoms. The van der Waals surface area contributed by atoms with Crippen LogP contribution in [0.15, 0.2) is 30.3 Å². The van der Waals surface area contributed by atoms with Gasteiger partial charge in [-0.2, -0.15) is 4.39 Å². The van der Waals surface area contributed by atoms with Gasteiger partial charge in [-0.15, -0.1) is 0 Å². The van der Waals surface area contributed by atoms with Gasteiger partial charge in [-0.25, -0.2) is 0 Å². The zero-order valence-corrected chi connectivity index (χ0v) is 11.4. The van der Waals surface area contributed by atoms with Crippen molar-refractivity contribution < 1.29 is 9.31 Å². The normalized spacial score (nSPS) is 10.5. The zero-order chi connectivity index (χ0) is 14.2. The first-order chi connectivity index (χ1) is 8.91. The molecule has 98 valence electrons. The fourth-order valence-corrected chi connectivity index (χ4v) is 2.19. The fourth-order valence-electron chi connectivity index (χ4n) is 1.59. The molecule has 0 saturated heterocycles. The maximum atomic E-state index is 14.0. The van der Waals surface area contributed by atoms with Gasteiger partial charge < -0.3 is 0 Å². The molecule has 2 aromatic rings. The van der Waals surface area contributed by atoms with Gasteiger partial charge in [0, 0.05) is 11.6 Å². The maximum Gasteiger partial charge on any atom is 0.305 e. The molecule has 0 aliphatic carbocycles. The van der Waals surface area contributed by atoms with Crippen molar-refractivity contribution in [3.63, 3.8) is 0 Å². The van der Waals surface area contributed by atoms with E-state index < -0.39 is 16.4 Å². The van der Waals surface area contributed by atoms with Crippen LogP contribution in [0, 0.1) is 15.9 Å². The van der Waals surface area contributed by atoms with E-state index in [1.807, 2.05) is 0 Å². The van der Waals surface area contributed by atoms with Crippen molar-refractivity contribution >= 4 is 40.5 Å². The smallest absolute Gasteiger partial charge is 0.258 e.